The van der Waals surface area contributed by atoms with Crippen molar-refractivity contribution in [3.63, 3.8) is 0 Å². The van der Waals surface area contributed by atoms with Crippen LogP contribution in [0.15, 0.2) is 59.2 Å². The normalized spacial score (nSPS) is 14.0. The van der Waals surface area contributed by atoms with Gasteiger partial charge in [-0.05, 0) is 30.3 Å². The van der Waals surface area contributed by atoms with E-state index in [4.69, 9.17) is 9.15 Å². The van der Waals surface area contributed by atoms with E-state index in [0.29, 0.717) is 32.1 Å². The lowest BCUT2D eigenvalue weighted by atomic mass is 10.1. The van der Waals surface area contributed by atoms with Crippen molar-refractivity contribution in [2.75, 3.05) is 43.5 Å². The van der Waals surface area contributed by atoms with Gasteiger partial charge in [0.25, 0.3) is 0 Å². The monoisotopic (exact) mass is 379 g/mol. The number of ether oxygens (including phenoxy) is 1. The largest absolute Gasteiger partial charge is 0.496 e. The van der Waals surface area contributed by atoms with Crippen molar-refractivity contribution in [2.24, 2.45) is 0 Å². The Morgan fingerprint density at radius 3 is 2.54 bits per heavy atom. The molecule has 8 nitrogen and oxygen atoms in total. The van der Waals surface area contributed by atoms with Crippen LogP contribution in [0.4, 0.5) is 16.5 Å². The Bertz CT molecular complexity index is 919. The second kappa shape index (κ2) is 7.99. The van der Waals surface area contributed by atoms with Crippen LogP contribution in [-0.2, 0) is 0 Å². The fourth-order valence-corrected chi connectivity index (χ4v) is 3.17. The molecule has 0 atom stereocenters. The number of amides is 2. The third-order valence-corrected chi connectivity index (χ3v) is 4.68. The molecule has 1 aliphatic rings. The van der Waals surface area contributed by atoms with Crippen LogP contribution in [0.1, 0.15) is 0 Å². The zero-order valence-electron chi connectivity index (χ0n) is 15.5. The maximum absolute atomic E-state index is 12.3. The molecule has 0 radical (unpaired) electrons. The minimum Gasteiger partial charge on any atom is -0.496 e. The van der Waals surface area contributed by atoms with Gasteiger partial charge >= 0.3 is 6.03 Å². The quantitative estimate of drug-likeness (QED) is 0.750. The van der Waals surface area contributed by atoms with Gasteiger partial charge in [-0.3, -0.25) is 5.32 Å². The Morgan fingerprint density at radius 2 is 1.86 bits per heavy atom. The molecule has 3 aromatic rings. The van der Waals surface area contributed by atoms with Crippen molar-refractivity contribution in [1.29, 1.82) is 0 Å². The number of nitrogens with one attached hydrogen (secondary N) is 1. The number of para-hydroxylation sites is 1. The molecule has 4 rings (SSSR count). The van der Waals surface area contributed by atoms with Gasteiger partial charge < -0.3 is 19.0 Å². The molecule has 0 saturated carbocycles. The molecule has 0 aliphatic carbocycles. The maximum Gasteiger partial charge on any atom is 0.324 e. The minimum atomic E-state index is -0.160. The van der Waals surface area contributed by atoms with Gasteiger partial charge in [-0.15, -0.1) is 10.2 Å². The molecule has 1 aromatic carbocycles. The summed E-state index contributed by atoms with van der Waals surface area (Å²) < 4.78 is 10.5. The van der Waals surface area contributed by atoms with Gasteiger partial charge in [-0.1, -0.05) is 12.1 Å². The van der Waals surface area contributed by atoms with E-state index in [1.165, 1.54) is 6.26 Å². The van der Waals surface area contributed by atoms with Crippen molar-refractivity contribution in [2.45, 2.75) is 0 Å². The molecule has 144 valence electrons. The van der Waals surface area contributed by atoms with Gasteiger partial charge in [0.05, 0.1) is 19.1 Å². The average Bonchev–Trinajstić information content (AvgIpc) is 3.27. The molecule has 0 bridgehead atoms. The summed E-state index contributed by atoms with van der Waals surface area (Å²) in [5.74, 6) is 2.01. The summed E-state index contributed by atoms with van der Waals surface area (Å²) in [5.41, 5.74) is 1.67. The van der Waals surface area contributed by atoms with Gasteiger partial charge in [-0.25, -0.2) is 4.79 Å². The van der Waals surface area contributed by atoms with Crippen LogP contribution in [0.3, 0.4) is 0 Å². The number of carbonyl (C=O) groups excluding carboxylic acids is 1. The van der Waals surface area contributed by atoms with Gasteiger partial charge in [-0.2, -0.15) is 0 Å². The Labute approximate surface area is 162 Å². The van der Waals surface area contributed by atoms with E-state index in [0.717, 1.165) is 22.8 Å². The highest BCUT2D eigenvalue weighted by Gasteiger charge is 2.22. The molecule has 2 aromatic heterocycles. The number of hydrogen-bond acceptors (Lipinski definition) is 6. The highest BCUT2D eigenvalue weighted by molar-refractivity contribution is 5.88. The van der Waals surface area contributed by atoms with Gasteiger partial charge in [0.2, 0.25) is 5.88 Å². The summed E-state index contributed by atoms with van der Waals surface area (Å²) in [4.78, 5) is 16.1. The van der Waals surface area contributed by atoms with Crippen LogP contribution in [0.25, 0.3) is 11.3 Å². The molecule has 3 heterocycles. The van der Waals surface area contributed by atoms with E-state index in [1.54, 1.807) is 24.1 Å². The van der Waals surface area contributed by atoms with Crippen LogP contribution < -0.4 is 15.0 Å². The summed E-state index contributed by atoms with van der Waals surface area (Å²) in [6.07, 6.45) is 1.53. The lowest BCUT2D eigenvalue weighted by Gasteiger charge is -2.34. The van der Waals surface area contributed by atoms with Crippen LogP contribution in [0.5, 0.6) is 5.75 Å². The number of methoxy groups -OCH3 is 1. The second-order valence-corrected chi connectivity index (χ2v) is 6.36. The molecule has 1 aliphatic heterocycles. The van der Waals surface area contributed by atoms with Crippen molar-refractivity contribution >= 4 is 17.7 Å². The average molecular weight is 379 g/mol. The first-order chi connectivity index (χ1) is 13.7. The molecule has 1 saturated heterocycles. The third-order valence-electron chi connectivity index (χ3n) is 4.68. The zero-order valence-corrected chi connectivity index (χ0v) is 15.5. The topological polar surface area (TPSA) is 83.7 Å². The number of nitrogens with zero attached hydrogens (tertiary/aromatic N) is 4. The lowest BCUT2D eigenvalue weighted by molar-refractivity contribution is 0.207. The highest BCUT2D eigenvalue weighted by atomic mass is 16.5. The Morgan fingerprint density at radius 1 is 1.04 bits per heavy atom. The first kappa shape index (κ1) is 17.8. The summed E-state index contributed by atoms with van der Waals surface area (Å²) in [6.45, 7) is 2.58. The van der Waals surface area contributed by atoms with Crippen LogP contribution in [0.2, 0.25) is 0 Å². The number of piperazine rings is 1. The third kappa shape index (κ3) is 3.75. The Kier molecular flexibility index (Phi) is 5.09. The summed E-state index contributed by atoms with van der Waals surface area (Å²) in [7, 11) is 1.64. The molecule has 0 spiro atoms. The van der Waals surface area contributed by atoms with Crippen molar-refractivity contribution in [3.8, 4) is 17.0 Å². The molecule has 1 N–H and O–H groups in total. The summed E-state index contributed by atoms with van der Waals surface area (Å²) in [6, 6.07) is 14.9. The van der Waals surface area contributed by atoms with E-state index in [-0.39, 0.29) is 6.03 Å². The minimum absolute atomic E-state index is 0.160. The van der Waals surface area contributed by atoms with Gasteiger partial charge in [0.15, 0.2) is 5.82 Å². The molecule has 8 heteroatoms. The molecule has 1 fully saturated rings. The number of carbonyl (C=O) groups is 1. The zero-order chi connectivity index (χ0) is 19.3. The number of furan rings is 1. The predicted molar refractivity (Wildman–Crippen MR) is 106 cm³/mol. The van der Waals surface area contributed by atoms with Crippen molar-refractivity contribution in [3.05, 3.63) is 54.8 Å². The number of urea groups is 1. The highest BCUT2D eigenvalue weighted by Crippen LogP contribution is 2.28. The van der Waals surface area contributed by atoms with Crippen molar-refractivity contribution < 1.29 is 13.9 Å². The predicted octanol–water partition coefficient (Wildman–Crippen LogP) is 3.10. The second-order valence-electron chi connectivity index (χ2n) is 6.36. The fraction of sp³-hybridized carbons (Fsp3) is 0.250. The molecule has 28 heavy (non-hydrogen) atoms. The van der Waals surface area contributed by atoms with E-state index in [1.807, 2.05) is 36.4 Å². The summed E-state index contributed by atoms with van der Waals surface area (Å²) in [5, 5.41) is 11.5. The molecular weight excluding hydrogens is 358 g/mol. The number of hydrogen-bond donors (Lipinski definition) is 1. The van der Waals surface area contributed by atoms with E-state index >= 15 is 0 Å². The van der Waals surface area contributed by atoms with Gasteiger partial charge in [0, 0.05) is 37.8 Å². The Balaban J connectivity index is 1.38. The van der Waals surface area contributed by atoms with Crippen molar-refractivity contribution in [1.82, 2.24) is 15.1 Å². The molecule has 0 unspecified atom stereocenters. The van der Waals surface area contributed by atoms with E-state index in [2.05, 4.69) is 20.4 Å². The first-order valence-corrected chi connectivity index (χ1v) is 9.06. The van der Waals surface area contributed by atoms with Crippen LogP contribution >= 0.6 is 0 Å². The number of anilines is 2. The van der Waals surface area contributed by atoms with E-state index in [9.17, 15) is 4.79 Å². The number of rotatable bonds is 4. The molecule has 2 amide bonds. The standard InChI is InChI=1S/C20H21N5O3/c1-27-17-6-3-2-5-15(17)16-8-9-18(23-22-16)24-10-12-25(13-11-24)20(26)21-19-7-4-14-28-19/h2-9,14H,10-13H2,1H3,(H,21,26). The van der Waals surface area contributed by atoms with Gasteiger partial charge in [0.1, 0.15) is 5.75 Å². The number of aromatic nitrogens is 2. The fourth-order valence-electron chi connectivity index (χ4n) is 3.17. The summed E-state index contributed by atoms with van der Waals surface area (Å²) >= 11 is 0. The SMILES string of the molecule is COc1ccccc1-c1ccc(N2CCN(C(=O)Nc3ccco3)CC2)nn1. The molecular formula is C20H21N5O3. The maximum atomic E-state index is 12.3. The van der Waals surface area contributed by atoms with Crippen LogP contribution in [-0.4, -0.2) is 54.4 Å². The van der Waals surface area contributed by atoms with E-state index < -0.39 is 0 Å². The number of benzene rings is 1. The Hall–Kier alpha value is -3.55. The smallest absolute Gasteiger partial charge is 0.324 e. The lowest BCUT2D eigenvalue weighted by Crippen LogP contribution is -2.50. The first-order valence-electron chi connectivity index (χ1n) is 9.06. The van der Waals surface area contributed by atoms with Crippen LogP contribution in [0, 0.1) is 0 Å².